The number of benzene rings is 6. The molecule has 8 rings (SSSR count). The summed E-state index contributed by atoms with van der Waals surface area (Å²) in [4.78, 5) is 5.21. The van der Waals surface area contributed by atoms with Crippen LogP contribution in [0.4, 0.5) is 0 Å². The van der Waals surface area contributed by atoms with Crippen molar-refractivity contribution in [3.05, 3.63) is 156 Å². The topological polar surface area (TPSA) is 49.6 Å². The molecule has 196 valence electrons. The molecule has 4 heteroatoms. The molecule has 6 aromatic carbocycles. The Morgan fingerprint density at radius 3 is 2.15 bits per heavy atom. The number of fused-ring (bicyclic) bond motifs is 4. The molecule has 2 atom stereocenters. The van der Waals surface area contributed by atoms with Crippen molar-refractivity contribution in [2.45, 2.75) is 12.3 Å². The van der Waals surface area contributed by atoms with Crippen LogP contribution in [-0.4, -0.2) is 5.84 Å². The van der Waals surface area contributed by atoms with Gasteiger partial charge >= 0.3 is 0 Å². The van der Waals surface area contributed by atoms with E-state index in [1.807, 2.05) is 24.3 Å². The molecule has 1 aromatic heterocycles. The fourth-order valence-corrected chi connectivity index (χ4v) is 5.90. The standard InChI is InChI=1S/C37H27N3O/c1-2-9-24(10-3-1)26-17-20-27(21-18-26)35-38-36(29-22-19-25-11-4-5-12-28(25)23-29)40-37(39-35)31-14-8-16-33-34(31)30-13-6-7-15-32(30)41-33/h1-23,35,37,39H,(H,38,40). The van der Waals surface area contributed by atoms with Crippen molar-refractivity contribution in [2.75, 3.05) is 0 Å². The summed E-state index contributed by atoms with van der Waals surface area (Å²) in [5, 5.41) is 12.2. The summed E-state index contributed by atoms with van der Waals surface area (Å²) in [6.45, 7) is 0. The number of aliphatic imine (C=N–C) groups is 1. The van der Waals surface area contributed by atoms with E-state index in [4.69, 9.17) is 9.41 Å². The fourth-order valence-electron chi connectivity index (χ4n) is 5.90. The molecule has 2 unspecified atom stereocenters. The van der Waals surface area contributed by atoms with Gasteiger partial charge in [0.05, 0.1) is 0 Å². The van der Waals surface area contributed by atoms with E-state index >= 15 is 0 Å². The highest BCUT2D eigenvalue weighted by atomic mass is 16.3. The van der Waals surface area contributed by atoms with Crippen LogP contribution >= 0.6 is 0 Å². The van der Waals surface area contributed by atoms with Gasteiger partial charge in [-0.25, -0.2) is 4.99 Å². The highest BCUT2D eigenvalue weighted by Gasteiger charge is 2.28. The molecule has 1 aliphatic heterocycles. The molecule has 0 radical (unpaired) electrons. The van der Waals surface area contributed by atoms with E-state index in [0.717, 1.165) is 44.5 Å². The number of furan rings is 1. The first kappa shape index (κ1) is 23.7. The lowest BCUT2D eigenvalue weighted by Gasteiger charge is -2.32. The molecule has 2 N–H and O–H groups in total. The molecule has 0 saturated heterocycles. The van der Waals surface area contributed by atoms with Gasteiger partial charge in [0.25, 0.3) is 0 Å². The summed E-state index contributed by atoms with van der Waals surface area (Å²) < 4.78 is 6.22. The molecule has 4 nitrogen and oxygen atoms in total. The molecular formula is C37H27N3O. The van der Waals surface area contributed by atoms with Gasteiger partial charge in [0.15, 0.2) is 0 Å². The molecule has 0 fully saturated rings. The third kappa shape index (κ3) is 4.26. The van der Waals surface area contributed by atoms with Crippen molar-refractivity contribution < 1.29 is 4.42 Å². The molecule has 0 amide bonds. The lowest BCUT2D eigenvalue weighted by atomic mass is 10.00. The summed E-state index contributed by atoms with van der Waals surface area (Å²) >= 11 is 0. The van der Waals surface area contributed by atoms with Crippen LogP contribution in [0, 0.1) is 0 Å². The van der Waals surface area contributed by atoms with Gasteiger partial charge in [-0.05, 0) is 45.7 Å². The minimum atomic E-state index is -0.235. The average Bonchev–Trinajstić information content (AvgIpc) is 3.44. The monoisotopic (exact) mass is 529 g/mol. The first-order valence-corrected chi connectivity index (χ1v) is 14.0. The number of hydrogen-bond acceptors (Lipinski definition) is 4. The Bertz CT molecular complexity index is 2060. The van der Waals surface area contributed by atoms with Gasteiger partial charge < -0.3 is 9.73 Å². The quantitative estimate of drug-likeness (QED) is 0.240. The Labute approximate surface area is 238 Å². The Morgan fingerprint density at radius 2 is 1.27 bits per heavy atom. The van der Waals surface area contributed by atoms with Crippen LogP contribution < -0.4 is 10.6 Å². The van der Waals surface area contributed by atoms with Gasteiger partial charge in [-0.15, -0.1) is 0 Å². The minimum Gasteiger partial charge on any atom is -0.456 e. The van der Waals surface area contributed by atoms with E-state index in [1.165, 1.54) is 21.9 Å². The van der Waals surface area contributed by atoms with Crippen molar-refractivity contribution in [1.82, 2.24) is 10.6 Å². The van der Waals surface area contributed by atoms with Gasteiger partial charge in [-0.3, -0.25) is 5.32 Å². The summed E-state index contributed by atoms with van der Waals surface area (Å²) in [7, 11) is 0. The maximum absolute atomic E-state index is 6.22. The van der Waals surface area contributed by atoms with Crippen molar-refractivity contribution in [2.24, 2.45) is 4.99 Å². The number of hydrogen-bond donors (Lipinski definition) is 2. The second-order valence-electron chi connectivity index (χ2n) is 10.5. The van der Waals surface area contributed by atoms with Crippen LogP contribution in [0.2, 0.25) is 0 Å². The molecule has 0 aliphatic carbocycles. The number of nitrogens with one attached hydrogen (secondary N) is 2. The zero-order chi connectivity index (χ0) is 27.2. The zero-order valence-electron chi connectivity index (χ0n) is 22.3. The lowest BCUT2D eigenvalue weighted by molar-refractivity contribution is 0.411. The number of amidine groups is 1. The molecule has 0 saturated carbocycles. The largest absolute Gasteiger partial charge is 0.456 e. The third-order valence-corrected chi connectivity index (χ3v) is 7.97. The Balaban J connectivity index is 1.24. The molecular weight excluding hydrogens is 502 g/mol. The van der Waals surface area contributed by atoms with Crippen LogP contribution in [0.1, 0.15) is 29.0 Å². The molecule has 1 aliphatic rings. The summed E-state index contributed by atoms with van der Waals surface area (Å²) in [5.41, 5.74) is 7.46. The maximum Gasteiger partial charge on any atom is 0.135 e. The smallest absolute Gasteiger partial charge is 0.135 e. The van der Waals surface area contributed by atoms with Crippen molar-refractivity contribution in [3.8, 4) is 11.1 Å². The van der Waals surface area contributed by atoms with Crippen LogP contribution in [0.15, 0.2) is 149 Å². The van der Waals surface area contributed by atoms with E-state index in [2.05, 4.69) is 126 Å². The van der Waals surface area contributed by atoms with Gasteiger partial charge in [0.2, 0.25) is 0 Å². The van der Waals surface area contributed by atoms with Gasteiger partial charge in [0.1, 0.15) is 29.3 Å². The second-order valence-corrected chi connectivity index (χ2v) is 10.5. The van der Waals surface area contributed by atoms with E-state index in [1.54, 1.807) is 0 Å². The fraction of sp³-hybridized carbons (Fsp3) is 0.0541. The Kier molecular flexibility index (Phi) is 5.64. The van der Waals surface area contributed by atoms with Gasteiger partial charge in [0, 0.05) is 21.9 Å². The minimum absolute atomic E-state index is 0.183. The Hall–Kier alpha value is -5.19. The number of para-hydroxylation sites is 1. The van der Waals surface area contributed by atoms with Crippen LogP contribution in [-0.2, 0) is 0 Å². The zero-order valence-corrected chi connectivity index (χ0v) is 22.3. The van der Waals surface area contributed by atoms with Crippen LogP contribution in [0.25, 0.3) is 43.8 Å². The number of nitrogens with zero attached hydrogens (tertiary/aromatic N) is 1. The molecule has 0 spiro atoms. The predicted molar refractivity (Wildman–Crippen MR) is 168 cm³/mol. The highest BCUT2D eigenvalue weighted by Crippen LogP contribution is 2.36. The highest BCUT2D eigenvalue weighted by molar-refractivity contribution is 6.08. The molecule has 2 heterocycles. The molecule has 0 bridgehead atoms. The SMILES string of the molecule is c1ccc(-c2ccc(C3N=C(c4ccc5ccccc5c4)NC(c4cccc5oc6ccccc6c45)N3)cc2)cc1. The normalized spacial score (nSPS) is 17.0. The van der Waals surface area contributed by atoms with Crippen molar-refractivity contribution >= 4 is 38.5 Å². The number of rotatable bonds is 4. The van der Waals surface area contributed by atoms with Crippen LogP contribution in [0.3, 0.4) is 0 Å². The van der Waals surface area contributed by atoms with E-state index in [9.17, 15) is 0 Å². The lowest BCUT2D eigenvalue weighted by Crippen LogP contribution is -2.45. The average molecular weight is 530 g/mol. The van der Waals surface area contributed by atoms with Gasteiger partial charge in [-0.2, -0.15) is 0 Å². The summed E-state index contributed by atoms with van der Waals surface area (Å²) in [5.74, 6) is 0.862. The van der Waals surface area contributed by atoms with E-state index in [0.29, 0.717) is 0 Å². The molecule has 7 aromatic rings. The van der Waals surface area contributed by atoms with Gasteiger partial charge in [-0.1, -0.05) is 121 Å². The van der Waals surface area contributed by atoms with E-state index < -0.39 is 0 Å². The molecule has 41 heavy (non-hydrogen) atoms. The van der Waals surface area contributed by atoms with Crippen molar-refractivity contribution in [1.29, 1.82) is 0 Å². The first-order chi connectivity index (χ1) is 20.3. The van der Waals surface area contributed by atoms with E-state index in [-0.39, 0.29) is 12.3 Å². The second kappa shape index (κ2) is 9.77. The first-order valence-electron chi connectivity index (χ1n) is 14.0. The van der Waals surface area contributed by atoms with Crippen LogP contribution in [0.5, 0.6) is 0 Å². The summed E-state index contributed by atoms with van der Waals surface area (Å²) in [6, 6.07) is 48.7. The predicted octanol–water partition coefficient (Wildman–Crippen LogP) is 8.74. The Morgan fingerprint density at radius 1 is 0.561 bits per heavy atom. The summed E-state index contributed by atoms with van der Waals surface area (Å²) in [6.07, 6.45) is -0.418. The maximum atomic E-state index is 6.22. The third-order valence-electron chi connectivity index (χ3n) is 7.97. The van der Waals surface area contributed by atoms with Crippen molar-refractivity contribution in [3.63, 3.8) is 0 Å².